The van der Waals surface area contributed by atoms with Gasteiger partial charge in [0, 0.05) is 5.56 Å². The second kappa shape index (κ2) is 11.8. The third-order valence-electron chi connectivity index (χ3n) is 5.37. The monoisotopic (exact) mass is 515 g/mol. The molecule has 4 aromatic carbocycles. The van der Waals surface area contributed by atoms with Crippen molar-refractivity contribution in [2.75, 3.05) is 13.7 Å². The third-order valence-corrected chi connectivity index (χ3v) is 5.70. The molecule has 0 bridgehead atoms. The summed E-state index contributed by atoms with van der Waals surface area (Å²) in [5.41, 5.74) is 3.48. The number of hydrogen-bond acceptors (Lipinski definition) is 6. The first-order valence-electron chi connectivity index (χ1n) is 11.2. The second-order valence-corrected chi connectivity index (χ2v) is 8.18. The fourth-order valence-electron chi connectivity index (χ4n) is 3.49. The number of fused-ring (bicyclic) bond motifs is 1. The summed E-state index contributed by atoms with van der Waals surface area (Å²) in [6.45, 7) is -0.309. The van der Waals surface area contributed by atoms with Crippen LogP contribution in [0.15, 0.2) is 90.0 Å². The smallest absolute Gasteiger partial charge is 0.343 e. The molecule has 9 heteroatoms. The van der Waals surface area contributed by atoms with Crippen LogP contribution in [0.1, 0.15) is 26.3 Å². The van der Waals surface area contributed by atoms with Crippen molar-refractivity contribution < 1.29 is 23.9 Å². The first-order chi connectivity index (χ1) is 18.0. The van der Waals surface area contributed by atoms with Crippen molar-refractivity contribution in [1.29, 1.82) is 0 Å². The van der Waals surface area contributed by atoms with E-state index in [0.29, 0.717) is 16.9 Å². The minimum absolute atomic E-state index is 0.263. The summed E-state index contributed by atoms with van der Waals surface area (Å²) < 4.78 is 10.8. The van der Waals surface area contributed by atoms with Crippen molar-refractivity contribution in [2.45, 2.75) is 0 Å². The van der Waals surface area contributed by atoms with Crippen LogP contribution in [0.4, 0.5) is 0 Å². The number of carbonyl (C=O) groups is 3. The minimum atomic E-state index is -0.557. The van der Waals surface area contributed by atoms with Gasteiger partial charge in [-0.2, -0.15) is 5.10 Å². The van der Waals surface area contributed by atoms with Crippen LogP contribution in [0.2, 0.25) is 5.02 Å². The molecular formula is C28H22ClN3O5. The van der Waals surface area contributed by atoms with Gasteiger partial charge in [0.2, 0.25) is 0 Å². The molecule has 2 N–H and O–H groups in total. The molecule has 0 fully saturated rings. The van der Waals surface area contributed by atoms with Crippen molar-refractivity contribution in [2.24, 2.45) is 5.10 Å². The van der Waals surface area contributed by atoms with Crippen molar-refractivity contribution in [3.05, 3.63) is 107 Å². The van der Waals surface area contributed by atoms with Crippen LogP contribution in [0.5, 0.6) is 11.5 Å². The molecule has 8 nitrogen and oxygen atoms in total. The first kappa shape index (κ1) is 25.4. The van der Waals surface area contributed by atoms with E-state index in [9.17, 15) is 14.4 Å². The van der Waals surface area contributed by atoms with E-state index < -0.39 is 17.8 Å². The van der Waals surface area contributed by atoms with E-state index in [0.717, 1.165) is 10.8 Å². The van der Waals surface area contributed by atoms with E-state index in [-0.39, 0.29) is 22.9 Å². The van der Waals surface area contributed by atoms with Gasteiger partial charge in [-0.25, -0.2) is 10.2 Å². The van der Waals surface area contributed by atoms with Crippen LogP contribution in [0.3, 0.4) is 0 Å². The number of ether oxygens (including phenoxy) is 2. The largest absolute Gasteiger partial charge is 0.497 e. The standard InChI is InChI=1S/C28H22ClN3O5/c1-36-20-13-10-19(11-14-20)28(35)37-25-15-12-18-6-2-3-7-21(18)23(25)16-31-32-26(33)17-30-27(34)22-8-4-5-9-24(22)29/h2-16H,17H2,1H3,(H,30,34)(H,32,33)/b31-16-. The average Bonchev–Trinajstić information content (AvgIpc) is 2.93. The number of hydrazone groups is 1. The van der Waals surface area contributed by atoms with E-state index in [1.54, 1.807) is 61.7 Å². The molecule has 4 aromatic rings. The molecule has 0 unspecified atom stereocenters. The maximum absolute atomic E-state index is 12.7. The van der Waals surface area contributed by atoms with Gasteiger partial charge in [-0.05, 0) is 53.2 Å². The van der Waals surface area contributed by atoms with Crippen LogP contribution in [-0.4, -0.2) is 37.7 Å². The molecule has 0 aliphatic heterocycles. The van der Waals surface area contributed by atoms with E-state index >= 15 is 0 Å². The van der Waals surface area contributed by atoms with Gasteiger partial charge in [0.1, 0.15) is 11.5 Å². The van der Waals surface area contributed by atoms with E-state index in [2.05, 4.69) is 15.8 Å². The summed E-state index contributed by atoms with van der Waals surface area (Å²) in [5.74, 6) is -0.697. The predicted molar refractivity (Wildman–Crippen MR) is 141 cm³/mol. The highest BCUT2D eigenvalue weighted by Gasteiger charge is 2.14. The molecule has 2 amide bonds. The Kier molecular flexibility index (Phi) is 8.12. The Morgan fingerprint density at radius 2 is 1.65 bits per heavy atom. The maximum Gasteiger partial charge on any atom is 0.343 e. The zero-order valence-electron chi connectivity index (χ0n) is 19.7. The van der Waals surface area contributed by atoms with Crippen molar-refractivity contribution >= 4 is 46.4 Å². The van der Waals surface area contributed by atoms with Crippen molar-refractivity contribution in [1.82, 2.24) is 10.7 Å². The molecule has 0 aliphatic rings. The number of carbonyl (C=O) groups excluding carboxylic acids is 3. The van der Waals surface area contributed by atoms with Crippen molar-refractivity contribution in [3.63, 3.8) is 0 Å². The van der Waals surface area contributed by atoms with Crippen LogP contribution in [-0.2, 0) is 4.79 Å². The van der Waals surface area contributed by atoms with Crippen LogP contribution in [0.25, 0.3) is 10.8 Å². The van der Waals surface area contributed by atoms with Gasteiger partial charge in [0.15, 0.2) is 0 Å². The zero-order valence-corrected chi connectivity index (χ0v) is 20.5. The van der Waals surface area contributed by atoms with Gasteiger partial charge < -0.3 is 14.8 Å². The van der Waals surface area contributed by atoms with Crippen LogP contribution in [0, 0.1) is 0 Å². The number of esters is 1. The highest BCUT2D eigenvalue weighted by molar-refractivity contribution is 6.33. The number of rotatable bonds is 8. The minimum Gasteiger partial charge on any atom is -0.497 e. The van der Waals surface area contributed by atoms with Gasteiger partial charge in [0.05, 0.1) is 36.0 Å². The molecule has 186 valence electrons. The molecule has 4 rings (SSSR count). The van der Waals surface area contributed by atoms with Crippen molar-refractivity contribution in [3.8, 4) is 11.5 Å². The number of methoxy groups -OCH3 is 1. The quantitative estimate of drug-likeness (QED) is 0.154. The lowest BCUT2D eigenvalue weighted by Gasteiger charge is -2.11. The lowest BCUT2D eigenvalue weighted by Crippen LogP contribution is -2.35. The number of halogens is 1. The predicted octanol–water partition coefficient (Wildman–Crippen LogP) is 4.60. The summed E-state index contributed by atoms with van der Waals surface area (Å²) in [6, 6.07) is 24.0. The van der Waals surface area contributed by atoms with Gasteiger partial charge >= 0.3 is 5.97 Å². The number of amides is 2. The fraction of sp³-hybridized carbons (Fsp3) is 0.0714. The van der Waals surface area contributed by atoms with Crippen LogP contribution >= 0.6 is 11.6 Å². The first-order valence-corrected chi connectivity index (χ1v) is 11.6. The second-order valence-electron chi connectivity index (χ2n) is 7.77. The Morgan fingerprint density at radius 3 is 2.41 bits per heavy atom. The Balaban J connectivity index is 1.47. The maximum atomic E-state index is 12.7. The Labute approximate surface area is 217 Å². The highest BCUT2D eigenvalue weighted by atomic mass is 35.5. The Morgan fingerprint density at radius 1 is 0.919 bits per heavy atom. The van der Waals surface area contributed by atoms with E-state index in [4.69, 9.17) is 21.1 Å². The molecule has 37 heavy (non-hydrogen) atoms. The third kappa shape index (κ3) is 6.31. The lowest BCUT2D eigenvalue weighted by atomic mass is 10.0. The SMILES string of the molecule is COc1ccc(C(=O)Oc2ccc3ccccc3c2/C=N\NC(=O)CNC(=O)c2ccccc2Cl)cc1. The molecule has 0 aliphatic carbocycles. The molecule has 0 saturated heterocycles. The fourth-order valence-corrected chi connectivity index (χ4v) is 3.71. The van der Waals surface area contributed by atoms with Gasteiger partial charge in [-0.15, -0.1) is 0 Å². The molecule has 0 spiro atoms. The Hall–Kier alpha value is -4.69. The topological polar surface area (TPSA) is 106 Å². The normalized spacial score (nSPS) is 10.8. The van der Waals surface area contributed by atoms with E-state index in [1.807, 2.05) is 30.3 Å². The van der Waals surface area contributed by atoms with Crippen LogP contribution < -0.4 is 20.2 Å². The van der Waals surface area contributed by atoms with Gasteiger partial charge in [-0.1, -0.05) is 54.1 Å². The molecule has 0 atom stereocenters. The number of hydrogen-bond donors (Lipinski definition) is 2. The summed E-state index contributed by atoms with van der Waals surface area (Å²) in [5, 5.41) is 8.46. The summed E-state index contributed by atoms with van der Waals surface area (Å²) >= 11 is 6.01. The molecule has 0 saturated carbocycles. The highest BCUT2D eigenvalue weighted by Crippen LogP contribution is 2.27. The summed E-state index contributed by atoms with van der Waals surface area (Å²) in [6.07, 6.45) is 1.40. The number of benzene rings is 4. The molecular weight excluding hydrogens is 494 g/mol. The van der Waals surface area contributed by atoms with Gasteiger partial charge in [0.25, 0.3) is 11.8 Å². The molecule has 0 heterocycles. The average molecular weight is 516 g/mol. The number of nitrogens with zero attached hydrogens (tertiary/aromatic N) is 1. The number of nitrogens with one attached hydrogen (secondary N) is 2. The summed E-state index contributed by atoms with van der Waals surface area (Å²) in [4.78, 5) is 37.2. The zero-order chi connectivity index (χ0) is 26.2. The molecule has 0 aromatic heterocycles. The Bertz CT molecular complexity index is 1490. The van der Waals surface area contributed by atoms with E-state index in [1.165, 1.54) is 6.21 Å². The van der Waals surface area contributed by atoms with Gasteiger partial charge in [-0.3, -0.25) is 9.59 Å². The summed E-state index contributed by atoms with van der Waals surface area (Å²) in [7, 11) is 1.54. The lowest BCUT2D eigenvalue weighted by molar-refractivity contribution is -0.120. The molecule has 0 radical (unpaired) electrons.